The molecule has 0 radical (unpaired) electrons. The van der Waals surface area contributed by atoms with E-state index in [9.17, 15) is 16.8 Å². The molecule has 0 aromatic heterocycles. The van der Waals surface area contributed by atoms with Gasteiger partial charge in [-0.15, -0.1) is 0 Å². The van der Waals surface area contributed by atoms with Gasteiger partial charge < -0.3 is 10.1 Å². The Bertz CT molecular complexity index is 796. The average Bonchev–Trinajstić information content (AvgIpc) is 2.91. The third kappa shape index (κ3) is 4.17. The highest BCUT2D eigenvalue weighted by Crippen LogP contribution is 2.28. The summed E-state index contributed by atoms with van der Waals surface area (Å²) in [4.78, 5) is 0.144. The minimum Gasteiger partial charge on any atom is -0.497 e. The molecule has 0 bridgehead atoms. The van der Waals surface area contributed by atoms with Gasteiger partial charge in [-0.1, -0.05) is 19.3 Å². The number of rotatable bonds is 5. The predicted molar refractivity (Wildman–Crippen MR) is 96.4 cm³/mol. The van der Waals surface area contributed by atoms with Crippen LogP contribution < -0.4 is 10.1 Å². The van der Waals surface area contributed by atoms with Gasteiger partial charge in [0.25, 0.3) is 0 Å². The van der Waals surface area contributed by atoms with Crippen molar-refractivity contribution in [3.63, 3.8) is 0 Å². The van der Waals surface area contributed by atoms with Gasteiger partial charge in [0, 0.05) is 12.1 Å². The summed E-state index contributed by atoms with van der Waals surface area (Å²) in [5.74, 6) is 0.143. The Balaban J connectivity index is 1.85. The Hall–Kier alpha value is -1.12. The number of methoxy groups -OCH3 is 1. The molecule has 1 aliphatic carbocycles. The molecule has 1 aliphatic heterocycles. The molecule has 1 aromatic carbocycles. The van der Waals surface area contributed by atoms with Crippen molar-refractivity contribution in [3.8, 4) is 5.75 Å². The van der Waals surface area contributed by atoms with Gasteiger partial charge >= 0.3 is 0 Å². The molecular formula is C17H25NO5S2. The molecule has 140 valence electrons. The Morgan fingerprint density at radius 1 is 1.04 bits per heavy atom. The molecule has 2 atom stereocenters. The van der Waals surface area contributed by atoms with Crippen LogP contribution in [-0.2, 0) is 19.7 Å². The second-order valence-electron chi connectivity index (χ2n) is 6.94. The third-order valence-corrected chi connectivity index (χ3v) is 9.31. The molecule has 1 heterocycles. The molecule has 1 N–H and O–H groups in total. The molecule has 8 heteroatoms. The van der Waals surface area contributed by atoms with Crippen molar-refractivity contribution in [3.05, 3.63) is 24.3 Å². The highest BCUT2D eigenvalue weighted by atomic mass is 32.2. The summed E-state index contributed by atoms with van der Waals surface area (Å²) in [5, 5.41) is 2.40. The Morgan fingerprint density at radius 3 is 2.28 bits per heavy atom. The molecule has 1 saturated carbocycles. The predicted octanol–water partition coefficient (Wildman–Crippen LogP) is 1.56. The summed E-state index contributed by atoms with van der Waals surface area (Å²) in [7, 11) is -5.59. The maximum absolute atomic E-state index is 13.0. The monoisotopic (exact) mass is 387 g/mol. The van der Waals surface area contributed by atoms with E-state index in [0.29, 0.717) is 5.75 Å². The Labute approximate surface area is 149 Å². The zero-order valence-electron chi connectivity index (χ0n) is 14.3. The molecular weight excluding hydrogens is 362 g/mol. The SMILES string of the molecule is COc1ccc(S(=O)(=O)[C@@H]2CS(=O)(=O)C[C@H]2NC2CCCCC2)cc1. The quantitative estimate of drug-likeness (QED) is 0.825. The number of hydrogen-bond donors (Lipinski definition) is 1. The molecule has 1 aromatic rings. The first-order valence-electron chi connectivity index (χ1n) is 8.66. The first-order chi connectivity index (χ1) is 11.8. The van der Waals surface area contributed by atoms with Crippen LogP contribution in [0.1, 0.15) is 32.1 Å². The molecule has 2 aliphatic rings. The summed E-state index contributed by atoms with van der Waals surface area (Å²) in [6.07, 6.45) is 5.35. The molecule has 0 spiro atoms. The maximum Gasteiger partial charge on any atom is 0.183 e. The van der Waals surface area contributed by atoms with Crippen LogP contribution in [-0.4, -0.2) is 52.8 Å². The fourth-order valence-corrected chi connectivity index (χ4v) is 8.47. The van der Waals surface area contributed by atoms with Gasteiger partial charge in [0.1, 0.15) is 5.75 Å². The molecule has 0 amide bonds. The smallest absolute Gasteiger partial charge is 0.183 e. The van der Waals surface area contributed by atoms with Crippen LogP contribution >= 0.6 is 0 Å². The van der Waals surface area contributed by atoms with Gasteiger partial charge in [0.05, 0.1) is 28.8 Å². The van der Waals surface area contributed by atoms with Crippen LogP contribution in [0.15, 0.2) is 29.2 Å². The molecule has 1 saturated heterocycles. The topological polar surface area (TPSA) is 89.5 Å². The van der Waals surface area contributed by atoms with Crippen LogP contribution in [0.3, 0.4) is 0 Å². The Kier molecular flexibility index (Phi) is 5.41. The summed E-state index contributed by atoms with van der Waals surface area (Å²) < 4.78 is 55.4. The zero-order chi connectivity index (χ0) is 18.1. The van der Waals surface area contributed by atoms with Gasteiger partial charge in [-0.3, -0.25) is 0 Å². The van der Waals surface area contributed by atoms with Crippen LogP contribution in [0.2, 0.25) is 0 Å². The van der Waals surface area contributed by atoms with Gasteiger partial charge in [-0.05, 0) is 37.1 Å². The molecule has 0 unspecified atom stereocenters. The van der Waals surface area contributed by atoms with Gasteiger partial charge in [0.15, 0.2) is 19.7 Å². The first-order valence-corrected chi connectivity index (χ1v) is 12.0. The minimum atomic E-state index is -3.73. The van der Waals surface area contributed by atoms with E-state index in [2.05, 4.69) is 5.32 Å². The number of sulfone groups is 2. The van der Waals surface area contributed by atoms with Crippen molar-refractivity contribution in [1.29, 1.82) is 0 Å². The van der Waals surface area contributed by atoms with Crippen LogP contribution in [0, 0.1) is 0 Å². The van der Waals surface area contributed by atoms with Crippen molar-refractivity contribution in [2.45, 2.75) is 54.3 Å². The van der Waals surface area contributed by atoms with Crippen molar-refractivity contribution < 1.29 is 21.6 Å². The van der Waals surface area contributed by atoms with E-state index < -0.39 is 31.0 Å². The first kappa shape index (κ1) is 18.7. The van der Waals surface area contributed by atoms with Crippen LogP contribution in [0.25, 0.3) is 0 Å². The fourth-order valence-electron chi connectivity index (χ4n) is 3.79. The Morgan fingerprint density at radius 2 is 1.68 bits per heavy atom. The van der Waals surface area contributed by atoms with E-state index >= 15 is 0 Å². The second kappa shape index (κ2) is 7.25. The zero-order valence-corrected chi connectivity index (χ0v) is 16.0. The summed E-state index contributed by atoms with van der Waals surface area (Å²) >= 11 is 0. The third-order valence-electron chi connectivity index (χ3n) is 5.14. The second-order valence-corrected chi connectivity index (χ2v) is 11.3. The van der Waals surface area contributed by atoms with E-state index in [4.69, 9.17) is 4.74 Å². The van der Waals surface area contributed by atoms with E-state index in [0.717, 1.165) is 25.7 Å². The van der Waals surface area contributed by atoms with Gasteiger partial charge in [-0.2, -0.15) is 0 Å². The molecule has 6 nitrogen and oxygen atoms in total. The highest BCUT2D eigenvalue weighted by molar-refractivity contribution is 7.96. The molecule has 25 heavy (non-hydrogen) atoms. The summed E-state index contributed by atoms with van der Waals surface area (Å²) in [6, 6.07) is 5.80. The lowest BCUT2D eigenvalue weighted by atomic mass is 9.95. The minimum absolute atomic E-state index is 0.108. The normalized spacial score (nSPS) is 27.2. The van der Waals surface area contributed by atoms with Gasteiger partial charge in [0.2, 0.25) is 0 Å². The van der Waals surface area contributed by atoms with Crippen molar-refractivity contribution in [2.75, 3.05) is 18.6 Å². The number of benzene rings is 1. The van der Waals surface area contributed by atoms with Gasteiger partial charge in [-0.25, -0.2) is 16.8 Å². The lowest BCUT2D eigenvalue weighted by molar-refractivity contribution is 0.345. The number of ether oxygens (including phenoxy) is 1. The van der Waals surface area contributed by atoms with E-state index in [1.165, 1.54) is 25.7 Å². The van der Waals surface area contributed by atoms with E-state index in [1.807, 2.05) is 0 Å². The van der Waals surface area contributed by atoms with Crippen molar-refractivity contribution >= 4 is 19.7 Å². The van der Waals surface area contributed by atoms with Crippen LogP contribution in [0.4, 0.5) is 0 Å². The number of nitrogens with one attached hydrogen (secondary N) is 1. The lowest BCUT2D eigenvalue weighted by Gasteiger charge is -2.28. The van der Waals surface area contributed by atoms with Crippen molar-refractivity contribution in [1.82, 2.24) is 5.32 Å². The largest absolute Gasteiger partial charge is 0.497 e. The number of hydrogen-bond acceptors (Lipinski definition) is 6. The maximum atomic E-state index is 13.0. The standard InChI is InChI=1S/C17H25NO5S2/c1-23-14-7-9-15(10-8-14)25(21,22)17-12-24(19,20)11-16(17)18-13-5-3-2-4-6-13/h7-10,13,16-18H,2-6,11-12H2,1H3/t16-,17-/m1/s1. The molecule has 2 fully saturated rings. The highest BCUT2D eigenvalue weighted by Gasteiger charge is 2.46. The lowest BCUT2D eigenvalue weighted by Crippen LogP contribution is -2.48. The molecule has 3 rings (SSSR count). The van der Waals surface area contributed by atoms with E-state index in [1.54, 1.807) is 12.1 Å². The van der Waals surface area contributed by atoms with E-state index in [-0.39, 0.29) is 22.4 Å². The summed E-state index contributed by atoms with van der Waals surface area (Å²) in [6.45, 7) is 0. The van der Waals surface area contributed by atoms with Crippen LogP contribution in [0.5, 0.6) is 5.75 Å². The van der Waals surface area contributed by atoms with Crippen molar-refractivity contribution in [2.24, 2.45) is 0 Å². The average molecular weight is 388 g/mol. The fraction of sp³-hybridized carbons (Fsp3) is 0.647. The summed E-state index contributed by atoms with van der Waals surface area (Å²) in [5.41, 5.74) is 0.